The topological polar surface area (TPSA) is 203 Å². The van der Waals surface area contributed by atoms with Gasteiger partial charge in [0.05, 0.1) is 7.82 Å². The molecule has 3 rings (SSSR count). The zero-order valence-electron chi connectivity index (χ0n) is 8.24. The van der Waals surface area contributed by atoms with Gasteiger partial charge in [-0.25, -0.2) is 18.1 Å². The van der Waals surface area contributed by atoms with Crippen LogP contribution in [0.25, 0.3) is 0 Å². The summed E-state index contributed by atoms with van der Waals surface area (Å²) in [4.78, 5) is 45.4. The van der Waals surface area contributed by atoms with Crippen molar-refractivity contribution in [1.29, 1.82) is 0 Å². The molecular formula is CLiO12P3Ti. The van der Waals surface area contributed by atoms with E-state index in [0.717, 1.165) is 0 Å². The van der Waals surface area contributed by atoms with E-state index in [4.69, 9.17) is 19.2 Å². The summed E-state index contributed by atoms with van der Waals surface area (Å²) in [7, 11) is -14.1. The second kappa shape index (κ2) is 6.60. The summed E-state index contributed by atoms with van der Waals surface area (Å²) in [5, 5.41) is 0. The van der Waals surface area contributed by atoms with Crippen molar-refractivity contribution < 1.29 is 96.8 Å². The Bertz CT molecular complexity index is 386. The molecule has 3 heterocycles. The van der Waals surface area contributed by atoms with E-state index in [9.17, 15) is 18.9 Å². The van der Waals surface area contributed by atoms with Gasteiger partial charge in [-0.05, 0) is 0 Å². The fourth-order valence-corrected chi connectivity index (χ4v) is 2.15. The van der Waals surface area contributed by atoms with Crippen molar-refractivity contribution in [2.45, 2.75) is 6.16 Å². The van der Waals surface area contributed by atoms with E-state index in [1.807, 2.05) is 0 Å². The molecule has 3 aliphatic rings. The molecule has 3 aliphatic heterocycles. The normalized spacial score (nSPS) is 32.5. The molecule has 0 atom stereocenters. The van der Waals surface area contributed by atoms with Crippen molar-refractivity contribution in [3.63, 3.8) is 0 Å². The van der Waals surface area contributed by atoms with Crippen molar-refractivity contribution >= 4 is 23.5 Å². The van der Waals surface area contributed by atoms with Crippen molar-refractivity contribution in [2.24, 2.45) is 0 Å². The number of phosphoric acid groups is 3. The van der Waals surface area contributed by atoms with Crippen LogP contribution in [0.5, 0.6) is 0 Å². The molecule has 0 radical (unpaired) electrons. The molecule has 3 saturated heterocycles. The van der Waals surface area contributed by atoms with Gasteiger partial charge in [0.2, 0.25) is 0 Å². The van der Waals surface area contributed by atoms with Crippen LogP contribution in [0.2, 0.25) is 0 Å². The SMILES string of the molecule is O=P([O-])([O-])OC12OP(=O)(O1)O2.O=P([O-])([O-])[O-].[Li+].[Ti+4]. The van der Waals surface area contributed by atoms with Gasteiger partial charge in [-0.1, -0.05) is 0 Å². The summed E-state index contributed by atoms with van der Waals surface area (Å²) in [6.45, 7) is 0. The van der Waals surface area contributed by atoms with Crippen LogP contribution >= 0.6 is 23.5 Å². The smallest absolute Gasteiger partial charge is 0.822 e. The Hall–Kier alpha value is 1.64. The number of hydrogen-bond acceptors (Lipinski definition) is 12. The van der Waals surface area contributed by atoms with Crippen LogP contribution in [-0.4, -0.2) is 6.16 Å². The van der Waals surface area contributed by atoms with Gasteiger partial charge in [-0.15, -0.1) is 0 Å². The molecule has 0 aliphatic carbocycles. The summed E-state index contributed by atoms with van der Waals surface area (Å²) >= 11 is 0. The van der Waals surface area contributed by atoms with E-state index < -0.39 is 29.6 Å². The van der Waals surface area contributed by atoms with Gasteiger partial charge >= 0.3 is 54.6 Å². The predicted octanol–water partition coefficient (Wildman–Crippen LogP) is -7.20. The number of rotatable bonds is 2. The summed E-state index contributed by atoms with van der Waals surface area (Å²) in [5.74, 6) is 0. The van der Waals surface area contributed by atoms with Crippen LogP contribution in [-0.2, 0) is 53.5 Å². The fourth-order valence-electron chi connectivity index (χ4n) is 0.618. The quantitative estimate of drug-likeness (QED) is 0.336. The summed E-state index contributed by atoms with van der Waals surface area (Å²) in [6, 6.07) is 0. The van der Waals surface area contributed by atoms with E-state index in [1.165, 1.54) is 0 Å². The zero-order valence-corrected chi connectivity index (χ0v) is 12.5. The van der Waals surface area contributed by atoms with Crippen LogP contribution in [0.1, 0.15) is 0 Å². The molecule has 0 amide bonds. The van der Waals surface area contributed by atoms with Gasteiger partial charge < -0.3 is 33.6 Å². The molecular weight excluding hydrogens is 352 g/mol. The molecule has 0 saturated carbocycles. The van der Waals surface area contributed by atoms with Crippen LogP contribution in [0.4, 0.5) is 0 Å². The minimum Gasteiger partial charge on any atom is -0.822 e. The molecule has 17 heteroatoms. The molecule has 0 aromatic rings. The first kappa shape index (κ1) is 21.9. The van der Waals surface area contributed by atoms with Crippen molar-refractivity contribution in [1.82, 2.24) is 0 Å². The third-order valence-corrected chi connectivity index (χ3v) is 2.68. The second-order valence-electron chi connectivity index (χ2n) is 2.21. The number of hydrogen-bond donors (Lipinski definition) is 0. The Kier molecular flexibility index (Phi) is 8.05. The van der Waals surface area contributed by atoms with Crippen LogP contribution in [0, 0.1) is 0 Å². The van der Waals surface area contributed by atoms with E-state index in [0.29, 0.717) is 0 Å². The first-order valence-corrected chi connectivity index (χ1v) is 7.39. The van der Waals surface area contributed by atoms with Crippen LogP contribution in [0.3, 0.4) is 0 Å². The number of phosphoric ester groups is 2. The maximum Gasteiger partial charge on any atom is 4.00 e. The maximum atomic E-state index is 10.4. The third kappa shape index (κ3) is 7.43. The molecule has 0 N–H and O–H groups in total. The van der Waals surface area contributed by atoms with Crippen molar-refractivity contribution in [3.8, 4) is 0 Å². The Morgan fingerprint density at radius 2 is 1.28 bits per heavy atom. The Morgan fingerprint density at radius 3 is 1.44 bits per heavy atom. The largest absolute Gasteiger partial charge is 4.00 e. The molecule has 0 aromatic carbocycles. The Balaban J connectivity index is 0. The minimum absolute atomic E-state index is 0. The van der Waals surface area contributed by atoms with Gasteiger partial charge in [-0.3, -0.25) is 4.52 Å². The molecule has 0 aromatic heterocycles. The van der Waals surface area contributed by atoms with Gasteiger partial charge in [0, 0.05) is 0 Å². The molecule has 96 valence electrons. The summed E-state index contributed by atoms with van der Waals surface area (Å²) in [6.07, 6.45) is -2.34. The van der Waals surface area contributed by atoms with Gasteiger partial charge in [0.25, 0.3) is 0 Å². The van der Waals surface area contributed by atoms with E-state index in [1.54, 1.807) is 0 Å². The fraction of sp³-hybridized carbons (Fsp3) is 1.00. The average molecular weight is 352 g/mol. The van der Waals surface area contributed by atoms with Crippen molar-refractivity contribution in [2.75, 3.05) is 0 Å². The first-order valence-electron chi connectivity index (χ1n) is 3.01. The van der Waals surface area contributed by atoms with E-state index in [2.05, 4.69) is 18.1 Å². The van der Waals surface area contributed by atoms with Crippen LogP contribution in [0.15, 0.2) is 0 Å². The average Bonchev–Trinajstić information content (AvgIpc) is 1.72. The molecule has 2 bridgehead atoms. The zero-order chi connectivity index (χ0) is 12.8. The Labute approximate surface area is 126 Å². The molecule has 0 spiro atoms. The predicted molar refractivity (Wildman–Crippen MR) is 29.9 cm³/mol. The summed E-state index contributed by atoms with van der Waals surface area (Å²) < 4.78 is 44.7. The second-order valence-corrected chi connectivity index (χ2v) is 5.62. The van der Waals surface area contributed by atoms with E-state index in [-0.39, 0.29) is 40.6 Å². The van der Waals surface area contributed by atoms with Crippen molar-refractivity contribution in [3.05, 3.63) is 0 Å². The Morgan fingerprint density at radius 1 is 1.00 bits per heavy atom. The molecule has 18 heavy (non-hydrogen) atoms. The molecule has 0 unspecified atom stereocenters. The van der Waals surface area contributed by atoms with Gasteiger partial charge in [0.1, 0.15) is 0 Å². The maximum absolute atomic E-state index is 10.4. The van der Waals surface area contributed by atoms with Crippen LogP contribution < -0.4 is 43.3 Å². The standard InChI is InChI=1S/CH2O8P2.Li.H3O4P.Ti/c2-10(3,4)6-1-7-11(5,8-1)9-1;;1-5(2,3)4;/h(H2,2,3,4);;(H3,1,2,3,4);/q;+1;;+4/p-5. The van der Waals surface area contributed by atoms with Gasteiger partial charge in [0.15, 0.2) is 0 Å². The molecule has 3 fully saturated rings. The van der Waals surface area contributed by atoms with E-state index >= 15 is 0 Å². The first-order chi connectivity index (χ1) is 6.83. The third-order valence-electron chi connectivity index (χ3n) is 0.894. The van der Waals surface area contributed by atoms with Gasteiger partial charge in [-0.2, -0.15) is 7.82 Å². The summed E-state index contributed by atoms with van der Waals surface area (Å²) in [5.41, 5.74) is 0. The molecule has 12 nitrogen and oxygen atoms in total. The minimum atomic E-state index is -5.39. The monoisotopic (exact) mass is 352 g/mol.